The number of nitrogens with zero attached hydrogens (tertiary/aromatic N) is 3. The second-order valence-corrected chi connectivity index (χ2v) is 11.3. The number of sulfonamides is 1. The van der Waals surface area contributed by atoms with E-state index in [0.29, 0.717) is 22.9 Å². The van der Waals surface area contributed by atoms with E-state index in [1.54, 1.807) is 35.0 Å². The van der Waals surface area contributed by atoms with E-state index in [1.807, 2.05) is 61.5 Å². The fourth-order valence-electron chi connectivity index (χ4n) is 3.87. The summed E-state index contributed by atoms with van der Waals surface area (Å²) >= 11 is 9.93. The number of aromatic nitrogens is 3. The fraction of sp³-hybridized carbons (Fsp3) is 0.111. The molecule has 0 aliphatic rings. The molecule has 0 atom stereocenters. The summed E-state index contributed by atoms with van der Waals surface area (Å²) in [7, 11) is -3.66. The number of rotatable bonds is 8. The molecule has 5 rings (SSSR count). The second kappa shape index (κ2) is 10.5. The first-order chi connectivity index (χ1) is 17.8. The summed E-state index contributed by atoms with van der Waals surface area (Å²) in [6.45, 7) is 2.52. The van der Waals surface area contributed by atoms with Crippen LogP contribution in [0.15, 0.2) is 94.4 Å². The highest BCUT2D eigenvalue weighted by Gasteiger charge is 2.15. The highest BCUT2D eigenvalue weighted by atomic mass is 79.9. The second-order valence-electron chi connectivity index (χ2n) is 8.39. The summed E-state index contributed by atoms with van der Waals surface area (Å²) in [5.74, 6) is 0.742. The molecule has 0 fully saturated rings. The summed E-state index contributed by atoms with van der Waals surface area (Å²) in [5.41, 5.74) is 4.75. The molecule has 5 aromatic rings. The Labute approximate surface area is 228 Å². The van der Waals surface area contributed by atoms with Crippen LogP contribution in [0.5, 0.6) is 0 Å². The third-order valence-electron chi connectivity index (χ3n) is 5.90. The zero-order valence-electron chi connectivity index (χ0n) is 19.8. The van der Waals surface area contributed by atoms with E-state index < -0.39 is 10.0 Å². The van der Waals surface area contributed by atoms with Gasteiger partial charge >= 0.3 is 0 Å². The van der Waals surface area contributed by atoms with Gasteiger partial charge in [0.2, 0.25) is 0 Å². The molecule has 0 radical (unpaired) electrons. The Morgan fingerprint density at radius 1 is 0.973 bits per heavy atom. The van der Waals surface area contributed by atoms with E-state index in [9.17, 15) is 8.42 Å². The first-order valence-corrected chi connectivity index (χ1v) is 14.2. The van der Waals surface area contributed by atoms with Crippen molar-refractivity contribution in [3.63, 3.8) is 0 Å². The van der Waals surface area contributed by atoms with Crippen molar-refractivity contribution in [2.45, 2.75) is 24.8 Å². The molecule has 188 valence electrons. The quantitative estimate of drug-likeness (QED) is 0.206. The molecule has 0 aliphatic carbocycles. The summed E-state index contributed by atoms with van der Waals surface area (Å²) < 4.78 is 30.6. The van der Waals surface area contributed by atoms with Crippen LogP contribution in [0.1, 0.15) is 18.1 Å². The molecular formula is C27H23BrClN5O2S. The van der Waals surface area contributed by atoms with Gasteiger partial charge in [-0.25, -0.2) is 13.4 Å². The van der Waals surface area contributed by atoms with Crippen LogP contribution in [0.4, 0.5) is 11.5 Å². The van der Waals surface area contributed by atoms with Crippen molar-refractivity contribution < 1.29 is 8.42 Å². The van der Waals surface area contributed by atoms with Gasteiger partial charge in [-0.05, 0) is 63.8 Å². The number of fused-ring (bicyclic) bond motifs is 1. The molecule has 2 N–H and O–H groups in total. The molecule has 0 saturated carbocycles. The Morgan fingerprint density at radius 2 is 1.68 bits per heavy atom. The normalized spacial score (nSPS) is 11.5. The summed E-state index contributed by atoms with van der Waals surface area (Å²) in [5, 5.41) is 8.44. The molecule has 3 aromatic carbocycles. The molecule has 37 heavy (non-hydrogen) atoms. The van der Waals surface area contributed by atoms with Crippen molar-refractivity contribution in [1.82, 2.24) is 14.6 Å². The Hall–Kier alpha value is -3.40. The topological polar surface area (TPSA) is 88.4 Å². The van der Waals surface area contributed by atoms with E-state index in [2.05, 4.69) is 31.1 Å². The van der Waals surface area contributed by atoms with Gasteiger partial charge in [0.1, 0.15) is 5.82 Å². The lowest BCUT2D eigenvalue weighted by molar-refractivity contribution is 0.601. The largest absolute Gasteiger partial charge is 0.366 e. The Morgan fingerprint density at radius 3 is 2.38 bits per heavy atom. The zero-order chi connectivity index (χ0) is 26.0. The van der Waals surface area contributed by atoms with Crippen molar-refractivity contribution in [3.8, 4) is 11.3 Å². The third kappa shape index (κ3) is 5.49. The molecule has 2 heterocycles. The van der Waals surface area contributed by atoms with E-state index in [0.717, 1.165) is 39.1 Å². The smallest absolute Gasteiger partial charge is 0.261 e. The first kappa shape index (κ1) is 25.3. The molecule has 0 aliphatic heterocycles. The van der Waals surface area contributed by atoms with Crippen LogP contribution in [0.2, 0.25) is 5.02 Å². The van der Waals surface area contributed by atoms with E-state index in [-0.39, 0.29) is 4.90 Å². The monoisotopic (exact) mass is 595 g/mol. The lowest BCUT2D eigenvalue weighted by Crippen LogP contribution is -2.13. The number of aryl methyl sites for hydroxylation is 1. The standard InChI is InChI=1S/C27H23BrClN5O2S/c1-2-18-9-13-21(14-10-18)37(35,36)33-20-11-7-19(8-12-20)16-30-26-15-25(22-5-3-4-6-24(22)29)32-27-23(28)17-31-34(26)27/h3-15,17,30,33H,2,16H2,1H3. The number of hydrogen-bond acceptors (Lipinski definition) is 5. The van der Waals surface area contributed by atoms with E-state index in [1.165, 1.54) is 0 Å². The molecular weight excluding hydrogens is 574 g/mol. The highest BCUT2D eigenvalue weighted by Crippen LogP contribution is 2.30. The van der Waals surface area contributed by atoms with Gasteiger partial charge < -0.3 is 5.32 Å². The predicted molar refractivity (Wildman–Crippen MR) is 152 cm³/mol. The van der Waals surface area contributed by atoms with Gasteiger partial charge in [0.25, 0.3) is 10.0 Å². The van der Waals surface area contributed by atoms with Crippen LogP contribution in [0.3, 0.4) is 0 Å². The van der Waals surface area contributed by atoms with Crippen LogP contribution in [0.25, 0.3) is 16.9 Å². The molecule has 0 unspecified atom stereocenters. The van der Waals surface area contributed by atoms with Crippen molar-refractivity contribution >= 4 is 54.7 Å². The molecule has 0 bridgehead atoms. The number of nitrogens with one attached hydrogen (secondary N) is 2. The number of hydrogen-bond donors (Lipinski definition) is 2. The number of halogens is 2. The molecule has 0 amide bonds. The van der Waals surface area contributed by atoms with Crippen LogP contribution in [-0.2, 0) is 23.0 Å². The van der Waals surface area contributed by atoms with Gasteiger partial charge in [-0.3, -0.25) is 4.72 Å². The predicted octanol–water partition coefficient (Wildman–Crippen LogP) is 6.79. The van der Waals surface area contributed by atoms with Crippen molar-refractivity contribution in [2.75, 3.05) is 10.0 Å². The Bertz CT molecular complexity index is 1670. The SMILES string of the molecule is CCc1ccc(S(=O)(=O)Nc2ccc(CNc3cc(-c4ccccc4Cl)nc4c(Br)cnn34)cc2)cc1. The van der Waals surface area contributed by atoms with Crippen LogP contribution >= 0.6 is 27.5 Å². The number of benzene rings is 3. The maximum Gasteiger partial charge on any atom is 0.261 e. The van der Waals surface area contributed by atoms with Gasteiger partial charge in [0, 0.05) is 28.9 Å². The van der Waals surface area contributed by atoms with Gasteiger partial charge in [0.05, 0.1) is 21.3 Å². The lowest BCUT2D eigenvalue weighted by Gasteiger charge is -2.12. The molecule has 10 heteroatoms. The van der Waals surface area contributed by atoms with Crippen molar-refractivity contribution in [2.24, 2.45) is 0 Å². The lowest BCUT2D eigenvalue weighted by atomic mass is 10.1. The van der Waals surface area contributed by atoms with Gasteiger partial charge in [0.15, 0.2) is 5.65 Å². The maximum absolute atomic E-state index is 12.7. The zero-order valence-corrected chi connectivity index (χ0v) is 23.0. The highest BCUT2D eigenvalue weighted by molar-refractivity contribution is 9.10. The molecule has 0 saturated heterocycles. The van der Waals surface area contributed by atoms with Crippen molar-refractivity contribution in [3.05, 3.63) is 106 Å². The average molecular weight is 597 g/mol. The van der Waals surface area contributed by atoms with Gasteiger partial charge in [-0.1, -0.05) is 61.0 Å². The van der Waals surface area contributed by atoms with Crippen LogP contribution in [-0.4, -0.2) is 23.0 Å². The van der Waals surface area contributed by atoms with Crippen molar-refractivity contribution in [1.29, 1.82) is 0 Å². The molecule has 2 aromatic heterocycles. The average Bonchev–Trinajstić information content (AvgIpc) is 3.29. The fourth-order valence-corrected chi connectivity index (χ4v) is 5.51. The summed E-state index contributed by atoms with van der Waals surface area (Å²) in [4.78, 5) is 4.96. The minimum Gasteiger partial charge on any atom is -0.366 e. The van der Waals surface area contributed by atoms with Gasteiger partial charge in [-0.15, -0.1) is 0 Å². The molecule has 7 nitrogen and oxygen atoms in total. The van der Waals surface area contributed by atoms with Crippen LogP contribution in [0, 0.1) is 0 Å². The molecule has 0 spiro atoms. The minimum atomic E-state index is -3.66. The number of anilines is 2. The first-order valence-electron chi connectivity index (χ1n) is 11.6. The Balaban J connectivity index is 1.34. The minimum absolute atomic E-state index is 0.233. The van der Waals surface area contributed by atoms with Gasteiger partial charge in [-0.2, -0.15) is 9.61 Å². The maximum atomic E-state index is 12.7. The Kier molecular flexibility index (Phi) is 7.19. The third-order valence-corrected chi connectivity index (χ3v) is 8.19. The summed E-state index contributed by atoms with van der Waals surface area (Å²) in [6, 6.07) is 23.6. The van der Waals surface area contributed by atoms with E-state index >= 15 is 0 Å². The van der Waals surface area contributed by atoms with E-state index in [4.69, 9.17) is 16.6 Å². The van der Waals surface area contributed by atoms with Crippen LogP contribution < -0.4 is 10.0 Å². The summed E-state index contributed by atoms with van der Waals surface area (Å²) in [6.07, 6.45) is 2.55.